The molecule has 0 aliphatic rings. The van der Waals surface area contributed by atoms with Crippen LogP contribution in [0.2, 0.25) is 0 Å². The third-order valence-electron chi connectivity index (χ3n) is 2.24. The Morgan fingerprint density at radius 3 is 2.56 bits per heavy atom. The molecule has 1 aromatic carbocycles. The maximum atomic E-state index is 11.2. The molecule has 2 rings (SSSR count). The van der Waals surface area contributed by atoms with Crippen molar-refractivity contribution in [3.8, 4) is 10.4 Å². The van der Waals surface area contributed by atoms with E-state index in [4.69, 9.17) is 10.7 Å². The molecule has 0 aliphatic heterocycles. The Kier molecular flexibility index (Phi) is 3.06. The minimum absolute atomic E-state index is 0.138. The minimum atomic E-state index is -3.65. The summed E-state index contributed by atoms with van der Waals surface area (Å²) in [5.74, 6) is 0. The molecule has 16 heavy (non-hydrogen) atoms. The Labute approximate surface area is 103 Å². The second-order valence-corrected chi connectivity index (χ2v) is 6.88. The van der Waals surface area contributed by atoms with Gasteiger partial charge in [-0.1, -0.05) is 12.1 Å². The van der Waals surface area contributed by atoms with Crippen LogP contribution < -0.4 is 0 Å². The molecule has 0 radical (unpaired) electrons. The van der Waals surface area contributed by atoms with Crippen molar-refractivity contribution in [3.05, 3.63) is 41.3 Å². The van der Waals surface area contributed by atoms with Crippen molar-refractivity contribution in [1.82, 2.24) is 0 Å². The van der Waals surface area contributed by atoms with Crippen LogP contribution in [0, 0.1) is 6.92 Å². The average Bonchev–Trinajstić information content (AvgIpc) is 2.63. The van der Waals surface area contributed by atoms with Crippen molar-refractivity contribution < 1.29 is 8.42 Å². The number of rotatable bonds is 2. The van der Waals surface area contributed by atoms with Crippen LogP contribution in [0.4, 0.5) is 0 Å². The highest BCUT2D eigenvalue weighted by atomic mass is 35.7. The molecule has 5 heteroatoms. The van der Waals surface area contributed by atoms with Crippen LogP contribution >= 0.6 is 22.0 Å². The lowest BCUT2D eigenvalue weighted by molar-refractivity contribution is 0.609. The molecule has 0 saturated carbocycles. The number of aryl methyl sites for hydroxylation is 1. The molecule has 2 nitrogen and oxygen atoms in total. The number of thiophene rings is 1. The van der Waals surface area contributed by atoms with Crippen molar-refractivity contribution >= 4 is 31.1 Å². The number of benzene rings is 1. The van der Waals surface area contributed by atoms with Gasteiger partial charge in [-0.2, -0.15) is 0 Å². The van der Waals surface area contributed by atoms with Gasteiger partial charge in [0.2, 0.25) is 0 Å². The fraction of sp³-hybridized carbons (Fsp3) is 0.0909. The number of hydrogen-bond acceptors (Lipinski definition) is 3. The Morgan fingerprint density at radius 1 is 1.25 bits per heavy atom. The van der Waals surface area contributed by atoms with Gasteiger partial charge in [0.1, 0.15) is 0 Å². The Balaban J connectivity index is 2.57. The summed E-state index contributed by atoms with van der Waals surface area (Å²) in [4.78, 5) is 1.21. The molecular formula is C11H9ClO2S2. The fourth-order valence-electron chi connectivity index (χ4n) is 1.46. The molecule has 0 bridgehead atoms. The van der Waals surface area contributed by atoms with Crippen molar-refractivity contribution in [2.24, 2.45) is 0 Å². The summed E-state index contributed by atoms with van der Waals surface area (Å²) < 4.78 is 22.4. The lowest BCUT2D eigenvalue weighted by Crippen LogP contribution is -1.90. The molecular weight excluding hydrogens is 264 g/mol. The van der Waals surface area contributed by atoms with Crippen molar-refractivity contribution in [1.29, 1.82) is 0 Å². The minimum Gasteiger partial charge on any atom is -0.207 e. The average molecular weight is 273 g/mol. The largest absolute Gasteiger partial charge is 0.261 e. The van der Waals surface area contributed by atoms with Gasteiger partial charge >= 0.3 is 0 Å². The second kappa shape index (κ2) is 4.20. The van der Waals surface area contributed by atoms with Crippen molar-refractivity contribution in [2.45, 2.75) is 11.8 Å². The molecule has 0 saturated heterocycles. The third-order valence-corrected chi connectivity index (χ3v) is 4.66. The molecule has 0 unspecified atom stereocenters. The van der Waals surface area contributed by atoms with Gasteiger partial charge in [0.25, 0.3) is 9.05 Å². The SMILES string of the molecule is Cc1ccsc1-c1cccc(S(=O)(=O)Cl)c1. The van der Waals surface area contributed by atoms with Crippen LogP contribution in [0.25, 0.3) is 10.4 Å². The first-order chi connectivity index (χ1) is 7.48. The van der Waals surface area contributed by atoms with Gasteiger partial charge < -0.3 is 0 Å². The molecule has 84 valence electrons. The first-order valence-electron chi connectivity index (χ1n) is 4.57. The van der Waals surface area contributed by atoms with Gasteiger partial charge in [0, 0.05) is 15.6 Å². The van der Waals surface area contributed by atoms with E-state index in [0.29, 0.717) is 0 Å². The zero-order chi connectivity index (χ0) is 11.8. The standard InChI is InChI=1S/C11H9ClO2S2/c1-8-5-6-15-11(8)9-3-2-4-10(7-9)16(12,13)14/h2-7H,1H3. The Bertz CT molecular complexity index is 614. The topological polar surface area (TPSA) is 34.1 Å². The van der Waals surface area contributed by atoms with Gasteiger partial charge in [-0.05, 0) is 41.6 Å². The summed E-state index contributed by atoms with van der Waals surface area (Å²) in [6.07, 6.45) is 0. The summed E-state index contributed by atoms with van der Waals surface area (Å²) in [5.41, 5.74) is 2.02. The molecule has 1 aromatic heterocycles. The predicted molar refractivity (Wildman–Crippen MR) is 67.5 cm³/mol. The summed E-state index contributed by atoms with van der Waals surface area (Å²) >= 11 is 1.58. The van der Waals surface area contributed by atoms with E-state index in [0.717, 1.165) is 16.0 Å². The van der Waals surface area contributed by atoms with Crippen LogP contribution in [0.15, 0.2) is 40.6 Å². The monoisotopic (exact) mass is 272 g/mol. The van der Waals surface area contributed by atoms with Gasteiger partial charge in [-0.15, -0.1) is 11.3 Å². The predicted octanol–water partition coefficient (Wildman–Crippen LogP) is 3.65. The van der Waals surface area contributed by atoms with Gasteiger partial charge in [-0.25, -0.2) is 8.42 Å². The smallest absolute Gasteiger partial charge is 0.207 e. The van der Waals surface area contributed by atoms with E-state index in [1.807, 2.05) is 24.4 Å². The molecule has 0 N–H and O–H groups in total. The summed E-state index contributed by atoms with van der Waals surface area (Å²) in [6.45, 7) is 1.99. The van der Waals surface area contributed by atoms with E-state index in [1.54, 1.807) is 23.5 Å². The van der Waals surface area contributed by atoms with Crippen LogP contribution in [0.3, 0.4) is 0 Å². The molecule has 1 heterocycles. The highest BCUT2D eigenvalue weighted by Gasteiger charge is 2.11. The summed E-state index contributed by atoms with van der Waals surface area (Å²) in [6, 6.07) is 8.67. The molecule has 0 atom stereocenters. The number of halogens is 1. The first kappa shape index (κ1) is 11.6. The van der Waals surface area contributed by atoms with Crippen molar-refractivity contribution in [2.75, 3.05) is 0 Å². The zero-order valence-corrected chi connectivity index (χ0v) is 10.9. The van der Waals surface area contributed by atoms with Gasteiger partial charge in [-0.3, -0.25) is 0 Å². The lowest BCUT2D eigenvalue weighted by Gasteiger charge is -2.02. The van der Waals surface area contributed by atoms with E-state index in [2.05, 4.69) is 0 Å². The first-order valence-corrected chi connectivity index (χ1v) is 7.76. The summed E-state index contributed by atoms with van der Waals surface area (Å²) in [5, 5.41) is 1.98. The molecule has 2 aromatic rings. The molecule has 0 fully saturated rings. The normalized spacial score (nSPS) is 11.6. The van der Waals surface area contributed by atoms with Gasteiger partial charge in [0.15, 0.2) is 0 Å². The van der Waals surface area contributed by atoms with Crippen LogP contribution in [0.5, 0.6) is 0 Å². The molecule has 0 spiro atoms. The van der Waals surface area contributed by atoms with Crippen LogP contribution in [0.1, 0.15) is 5.56 Å². The van der Waals surface area contributed by atoms with Crippen LogP contribution in [-0.2, 0) is 9.05 Å². The highest BCUT2D eigenvalue weighted by Crippen LogP contribution is 2.30. The van der Waals surface area contributed by atoms with Crippen molar-refractivity contribution in [3.63, 3.8) is 0 Å². The highest BCUT2D eigenvalue weighted by molar-refractivity contribution is 8.13. The maximum Gasteiger partial charge on any atom is 0.261 e. The van der Waals surface area contributed by atoms with E-state index in [9.17, 15) is 8.42 Å². The zero-order valence-electron chi connectivity index (χ0n) is 8.48. The quantitative estimate of drug-likeness (QED) is 0.782. The van der Waals surface area contributed by atoms with Gasteiger partial charge in [0.05, 0.1) is 4.90 Å². The lowest BCUT2D eigenvalue weighted by atomic mass is 10.1. The van der Waals surface area contributed by atoms with Crippen LogP contribution in [-0.4, -0.2) is 8.42 Å². The van der Waals surface area contributed by atoms with E-state index in [-0.39, 0.29) is 4.90 Å². The van der Waals surface area contributed by atoms with E-state index in [1.165, 1.54) is 6.07 Å². The number of hydrogen-bond donors (Lipinski definition) is 0. The second-order valence-electron chi connectivity index (χ2n) is 3.40. The third kappa shape index (κ3) is 2.29. The fourth-order valence-corrected chi connectivity index (χ4v) is 3.18. The Hall–Kier alpha value is -0.840. The maximum absolute atomic E-state index is 11.2. The van der Waals surface area contributed by atoms with E-state index < -0.39 is 9.05 Å². The Morgan fingerprint density at radius 2 is 2.00 bits per heavy atom. The molecule has 0 aliphatic carbocycles. The summed E-state index contributed by atoms with van der Waals surface area (Å²) in [7, 11) is 1.65. The van der Waals surface area contributed by atoms with E-state index >= 15 is 0 Å². The molecule has 0 amide bonds.